The van der Waals surface area contributed by atoms with Gasteiger partial charge in [0.05, 0.1) is 23.4 Å². The summed E-state index contributed by atoms with van der Waals surface area (Å²) in [6, 6.07) is 13.1. The maximum atomic E-state index is 13.0. The molecule has 2 atom stereocenters. The fraction of sp³-hybridized carbons (Fsp3) is 0.500. The third-order valence-corrected chi connectivity index (χ3v) is 11.9. The van der Waals surface area contributed by atoms with Crippen LogP contribution in [0.1, 0.15) is 91.8 Å². The van der Waals surface area contributed by atoms with E-state index in [4.69, 9.17) is 18.9 Å². The molecule has 0 fully saturated rings. The number of alkyl carbamates (subject to hydrolysis) is 2. The number of nitrogens with zero attached hydrogens (tertiary/aromatic N) is 4. The number of benzene rings is 2. The van der Waals surface area contributed by atoms with Crippen molar-refractivity contribution < 1.29 is 38.1 Å². The van der Waals surface area contributed by atoms with Gasteiger partial charge in [-0.1, -0.05) is 36.4 Å². The summed E-state index contributed by atoms with van der Waals surface area (Å²) in [6.07, 6.45) is -0.822. The largest absolute Gasteiger partial charge is 0.467 e. The van der Waals surface area contributed by atoms with Crippen LogP contribution in [0.2, 0.25) is 0 Å². The van der Waals surface area contributed by atoms with Crippen molar-refractivity contribution in [3.63, 3.8) is 0 Å². The summed E-state index contributed by atoms with van der Waals surface area (Å²) >= 11 is 4.19. The first-order valence-corrected chi connectivity index (χ1v) is 24.2. The number of nitrogens with one attached hydrogen (secondary N) is 2. The smallest absolute Gasteiger partial charge is 0.408 e. The van der Waals surface area contributed by atoms with Crippen LogP contribution in [0.4, 0.5) is 9.59 Å². The number of aromatic nitrogens is 4. The summed E-state index contributed by atoms with van der Waals surface area (Å²) in [4.78, 5) is 96.8. The molecule has 2 amide bonds. The van der Waals surface area contributed by atoms with Gasteiger partial charge < -0.3 is 29.6 Å². The molecular formula is C48H66I2N6O12. The van der Waals surface area contributed by atoms with Gasteiger partial charge in [0.1, 0.15) is 23.3 Å². The van der Waals surface area contributed by atoms with Crippen molar-refractivity contribution in [1.29, 1.82) is 0 Å². The maximum absolute atomic E-state index is 13.0. The number of carbonyl (C=O) groups is 4. The Morgan fingerprint density at radius 1 is 0.559 bits per heavy atom. The van der Waals surface area contributed by atoms with Crippen LogP contribution < -0.4 is 33.1 Å². The quantitative estimate of drug-likeness (QED) is 0.0834. The Balaban J connectivity index is 0.000000386. The first kappa shape index (κ1) is 58.9. The van der Waals surface area contributed by atoms with Crippen molar-refractivity contribution in [2.24, 2.45) is 0 Å². The van der Waals surface area contributed by atoms with Crippen molar-refractivity contribution in [2.45, 2.75) is 145 Å². The van der Waals surface area contributed by atoms with Crippen molar-refractivity contribution in [2.75, 3.05) is 14.2 Å². The van der Waals surface area contributed by atoms with Gasteiger partial charge in [0.15, 0.2) is 0 Å². The molecule has 20 heteroatoms. The second-order valence-electron chi connectivity index (χ2n) is 17.2. The summed E-state index contributed by atoms with van der Waals surface area (Å²) in [6.45, 7) is 23.1. The van der Waals surface area contributed by atoms with Gasteiger partial charge in [-0.15, -0.1) is 0 Å². The zero-order valence-corrected chi connectivity index (χ0v) is 45.8. The zero-order valence-electron chi connectivity index (χ0n) is 41.5. The number of esters is 2. The summed E-state index contributed by atoms with van der Waals surface area (Å²) in [7, 11) is 2.54. The third-order valence-electron chi connectivity index (χ3n) is 9.96. The minimum atomic E-state index is -0.934. The molecule has 0 aliphatic carbocycles. The molecule has 0 aliphatic heterocycles. The first-order chi connectivity index (χ1) is 31.7. The third kappa shape index (κ3) is 17.1. The lowest BCUT2D eigenvalue weighted by molar-refractivity contribution is -0.143. The fourth-order valence-electron chi connectivity index (χ4n) is 6.67. The fourth-order valence-corrected chi connectivity index (χ4v) is 7.62. The van der Waals surface area contributed by atoms with Gasteiger partial charge in [-0.25, -0.2) is 28.8 Å². The number of hydrogen-bond donors (Lipinski definition) is 2. The number of amides is 2. The SMILES string of the molecule is CCn1c(C)c(-c2ccc(CC(NC(=O)OC(C)(C)C)C(=O)OC)cc2)c(=O)n(CC)c1=O.CCn1c(C)c(I)c(=O)n(CC)c1=O.COC(=O)C(Cc1ccc(I)cc1)NC(=O)OC(C)(C)C. The van der Waals surface area contributed by atoms with E-state index in [1.54, 1.807) is 103 Å². The van der Waals surface area contributed by atoms with Gasteiger partial charge >= 0.3 is 35.5 Å². The van der Waals surface area contributed by atoms with Crippen LogP contribution in [0.25, 0.3) is 11.1 Å². The number of rotatable bonds is 13. The maximum Gasteiger partial charge on any atom is 0.408 e. The minimum Gasteiger partial charge on any atom is -0.467 e. The molecule has 374 valence electrons. The first-order valence-electron chi connectivity index (χ1n) is 22.0. The summed E-state index contributed by atoms with van der Waals surface area (Å²) in [5.74, 6) is -1.10. The van der Waals surface area contributed by atoms with Crippen LogP contribution in [0, 0.1) is 21.0 Å². The molecule has 18 nitrogen and oxygen atoms in total. The molecule has 2 aromatic heterocycles. The Bertz CT molecular complexity index is 2620. The second-order valence-corrected chi connectivity index (χ2v) is 19.5. The van der Waals surface area contributed by atoms with Gasteiger partial charge in [0.2, 0.25) is 0 Å². The number of ether oxygens (including phenoxy) is 4. The van der Waals surface area contributed by atoms with E-state index in [1.807, 2.05) is 60.7 Å². The van der Waals surface area contributed by atoms with Crippen LogP contribution in [-0.2, 0) is 67.6 Å². The van der Waals surface area contributed by atoms with E-state index in [1.165, 1.54) is 23.4 Å². The lowest BCUT2D eigenvalue weighted by Crippen LogP contribution is -2.45. The average Bonchev–Trinajstić information content (AvgIpc) is 3.25. The van der Waals surface area contributed by atoms with Crippen molar-refractivity contribution in [3.05, 3.63) is 120 Å². The molecule has 0 aliphatic rings. The molecule has 0 spiro atoms. The number of halogens is 2. The van der Waals surface area contributed by atoms with Gasteiger partial charge in [0, 0.05) is 54.0 Å². The van der Waals surface area contributed by atoms with Crippen molar-refractivity contribution >= 4 is 69.3 Å². The monoisotopic (exact) mass is 1170 g/mol. The molecule has 0 radical (unpaired) electrons. The predicted molar refractivity (Wildman–Crippen MR) is 277 cm³/mol. The van der Waals surface area contributed by atoms with E-state index in [2.05, 4.69) is 33.2 Å². The highest BCUT2D eigenvalue weighted by Crippen LogP contribution is 2.21. The average molecular weight is 1170 g/mol. The standard InChI is InChI=1S/C24H33N3O6.C15H20INO4.C9H13IN2O2/c1-8-26-15(3)19(20(28)27(9-2)23(26)31)17-12-10-16(11-13-17)14-18(21(29)32-7)25-22(30)33-24(4,5)6;1-15(2,3)21-14(19)17-12(13(18)20-4)9-10-5-7-11(16)8-6-10;1-4-11-6(3)7(10)8(13)12(5-2)9(11)14/h10-13,18H,8-9,14H2,1-7H3,(H,25,30);5-8,12H,9H2,1-4H3,(H,17,19);4-5H2,1-3H3. The summed E-state index contributed by atoms with van der Waals surface area (Å²) in [5, 5.41) is 5.10. The Kier molecular flexibility index (Phi) is 22.9. The molecule has 4 rings (SSSR count). The van der Waals surface area contributed by atoms with Crippen molar-refractivity contribution in [3.8, 4) is 11.1 Å². The normalized spacial score (nSPS) is 11.9. The summed E-state index contributed by atoms with van der Waals surface area (Å²) in [5.41, 5.74) is 1.80. The highest BCUT2D eigenvalue weighted by atomic mass is 127. The zero-order chi connectivity index (χ0) is 51.8. The molecule has 2 heterocycles. The van der Waals surface area contributed by atoms with E-state index in [-0.39, 0.29) is 35.5 Å². The van der Waals surface area contributed by atoms with E-state index < -0.39 is 47.4 Å². The molecule has 4 aromatic rings. The van der Waals surface area contributed by atoms with Gasteiger partial charge in [-0.2, -0.15) is 0 Å². The molecule has 2 aromatic carbocycles. The molecule has 0 saturated heterocycles. The van der Waals surface area contributed by atoms with Crippen molar-refractivity contribution in [1.82, 2.24) is 28.9 Å². The topological polar surface area (TPSA) is 217 Å². The number of methoxy groups -OCH3 is 2. The van der Waals surface area contributed by atoms with E-state index in [9.17, 15) is 38.4 Å². The molecule has 68 heavy (non-hydrogen) atoms. The number of carbonyl (C=O) groups excluding carboxylic acids is 4. The Hall–Kier alpha value is -5.26. The molecule has 2 N–H and O–H groups in total. The van der Waals surface area contributed by atoms with Crippen LogP contribution >= 0.6 is 45.2 Å². The predicted octanol–water partition coefficient (Wildman–Crippen LogP) is 6.50. The highest BCUT2D eigenvalue weighted by molar-refractivity contribution is 14.1. The Labute approximate surface area is 424 Å². The second kappa shape index (κ2) is 26.5. The Morgan fingerprint density at radius 3 is 1.26 bits per heavy atom. The lowest BCUT2D eigenvalue weighted by atomic mass is 10.00. The van der Waals surface area contributed by atoms with Crippen LogP contribution in [0.3, 0.4) is 0 Å². The minimum absolute atomic E-state index is 0.179. The molecule has 0 bridgehead atoms. The highest BCUT2D eigenvalue weighted by Gasteiger charge is 2.27. The molecule has 2 unspecified atom stereocenters. The Morgan fingerprint density at radius 2 is 0.912 bits per heavy atom. The summed E-state index contributed by atoms with van der Waals surface area (Å²) < 4.78 is 27.3. The van der Waals surface area contributed by atoms with Crippen LogP contribution in [0.15, 0.2) is 67.7 Å². The molecule has 0 saturated carbocycles. The molecular weight excluding hydrogens is 1110 g/mol. The van der Waals surface area contributed by atoms with Gasteiger partial charge in [0.25, 0.3) is 11.1 Å². The van der Waals surface area contributed by atoms with E-state index in [0.29, 0.717) is 46.4 Å². The lowest BCUT2D eigenvalue weighted by Gasteiger charge is -2.22. The number of hydrogen-bond acceptors (Lipinski definition) is 12. The van der Waals surface area contributed by atoms with Crippen LogP contribution in [-0.4, -0.2) is 79.9 Å². The van der Waals surface area contributed by atoms with E-state index >= 15 is 0 Å². The van der Waals surface area contributed by atoms with Gasteiger partial charge in [-0.05, 0) is 157 Å². The van der Waals surface area contributed by atoms with Gasteiger partial charge in [-0.3, -0.25) is 27.9 Å². The van der Waals surface area contributed by atoms with Crippen LogP contribution in [0.5, 0.6) is 0 Å². The van der Waals surface area contributed by atoms with E-state index in [0.717, 1.165) is 20.4 Å².